The number of benzene rings is 1. The normalized spacial score (nSPS) is 15.8. The lowest BCUT2D eigenvalue weighted by atomic mass is 10.2. The number of esters is 1. The monoisotopic (exact) mass is 334 g/mol. The van der Waals surface area contributed by atoms with Crippen molar-refractivity contribution in [2.45, 2.75) is 0 Å². The highest BCUT2D eigenvalue weighted by Crippen LogP contribution is 2.27. The first-order valence-corrected chi connectivity index (χ1v) is 7.36. The van der Waals surface area contributed by atoms with Gasteiger partial charge in [0.15, 0.2) is 5.70 Å². The first-order valence-electron chi connectivity index (χ1n) is 6.03. The van der Waals surface area contributed by atoms with Gasteiger partial charge >= 0.3 is 5.97 Å². The van der Waals surface area contributed by atoms with Crippen LogP contribution in [0.1, 0.15) is 11.1 Å². The number of non-ortho nitro benzene ring substituents is 1. The Morgan fingerprint density at radius 1 is 1.36 bits per heavy atom. The Balaban J connectivity index is 2.01. The average Bonchev–Trinajstić information content (AvgIpc) is 3.10. The van der Waals surface area contributed by atoms with Crippen molar-refractivity contribution in [3.8, 4) is 0 Å². The van der Waals surface area contributed by atoms with Crippen molar-refractivity contribution in [2.24, 2.45) is 4.99 Å². The van der Waals surface area contributed by atoms with Crippen LogP contribution in [0.3, 0.4) is 0 Å². The molecule has 110 valence electrons. The lowest BCUT2D eigenvalue weighted by molar-refractivity contribution is -0.384. The molecule has 0 saturated carbocycles. The van der Waals surface area contributed by atoms with Gasteiger partial charge in [0.1, 0.15) is 0 Å². The van der Waals surface area contributed by atoms with Crippen molar-refractivity contribution >= 4 is 46.6 Å². The minimum Gasteiger partial charge on any atom is -0.402 e. The van der Waals surface area contributed by atoms with Gasteiger partial charge in [0.25, 0.3) is 5.69 Å². The van der Waals surface area contributed by atoms with E-state index in [-0.39, 0.29) is 27.9 Å². The summed E-state index contributed by atoms with van der Waals surface area (Å²) in [7, 11) is 0. The zero-order chi connectivity index (χ0) is 15.7. The second-order valence-corrected chi connectivity index (χ2v) is 5.50. The molecule has 0 spiro atoms. The Labute approximate surface area is 133 Å². The Kier molecular flexibility index (Phi) is 3.74. The summed E-state index contributed by atoms with van der Waals surface area (Å²) in [4.78, 5) is 26.2. The van der Waals surface area contributed by atoms with Crippen LogP contribution in [0.4, 0.5) is 5.69 Å². The number of cyclic esters (lactones) is 1. The molecule has 22 heavy (non-hydrogen) atoms. The van der Waals surface area contributed by atoms with E-state index in [1.165, 1.54) is 29.5 Å². The Morgan fingerprint density at radius 2 is 2.18 bits per heavy atom. The van der Waals surface area contributed by atoms with E-state index in [1.54, 1.807) is 6.08 Å². The molecule has 1 aliphatic heterocycles. The summed E-state index contributed by atoms with van der Waals surface area (Å²) in [5, 5.41) is 14.8. The lowest BCUT2D eigenvalue weighted by Gasteiger charge is -2.02. The van der Waals surface area contributed by atoms with Crippen LogP contribution in [-0.4, -0.2) is 16.8 Å². The van der Waals surface area contributed by atoms with Crippen LogP contribution in [0.2, 0.25) is 5.02 Å². The number of carbonyl (C=O) groups is 1. The third kappa shape index (κ3) is 2.76. The minimum absolute atomic E-state index is 0.0415. The summed E-state index contributed by atoms with van der Waals surface area (Å²) in [6.07, 6.45) is 1.58. The molecule has 0 unspecified atom stereocenters. The zero-order valence-corrected chi connectivity index (χ0v) is 12.4. The average molecular weight is 335 g/mol. The van der Waals surface area contributed by atoms with Gasteiger partial charge in [-0.15, -0.1) is 0 Å². The maximum Gasteiger partial charge on any atom is 0.363 e. The summed E-state index contributed by atoms with van der Waals surface area (Å²) in [6.45, 7) is 0. The number of rotatable bonds is 3. The molecule has 0 saturated heterocycles. The quantitative estimate of drug-likeness (QED) is 0.371. The topological polar surface area (TPSA) is 81.8 Å². The number of nitrogens with zero attached hydrogens (tertiary/aromatic N) is 2. The molecule has 0 radical (unpaired) electrons. The highest BCUT2D eigenvalue weighted by molar-refractivity contribution is 7.08. The van der Waals surface area contributed by atoms with Gasteiger partial charge in [-0.1, -0.05) is 11.6 Å². The summed E-state index contributed by atoms with van der Waals surface area (Å²) in [6, 6.07) is 5.69. The van der Waals surface area contributed by atoms with Gasteiger partial charge in [0, 0.05) is 12.1 Å². The molecule has 2 heterocycles. The van der Waals surface area contributed by atoms with Gasteiger partial charge in [0.2, 0.25) is 5.90 Å². The lowest BCUT2D eigenvalue weighted by Crippen LogP contribution is -2.06. The van der Waals surface area contributed by atoms with Crippen LogP contribution in [-0.2, 0) is 9.53 Å². The van der Waals surface area contributed by atoms with Crippen LogP contribution in [0.25, 0.3) is 6.08 Å². The van der Waals surface area contributed by atoms with Crippen molar-refractivity contribution in [3.05, 3.63) is 67.0 Å². The highest BCUT2D eigenvalue weighted by Gasteiger charge is 2.27. The third-order valence-electron chi connectivity index (χ3n) is 2.86. The summed E-state index contributed by atoms with van der Waals surface area (Å²) < 4.78 is 5.06. The van der Waals surface area contributed by atoms with E-state index >= 15 is 0 Å². The third-order valence-corrected chi connectivity index (χ3v) is 3.89. The summed E-state index contributed by atoms with van der Waals surface area (Å²) >= 11 is 7.49. The van der Waals surface area contributed by atoms with E-state index in [0.29, 0.717) is 0 Å². The first kappa shape index (κ1) is 14.4. The molecule has 6 nitrogen and oxygen atoms in total. The molecule has 0 N–H and O–H groups in total. The van der Waals surface area contributed by atoms with Crippen molar-refractivity contribution in [1.29, 1.82) is 0 Å². The Hall–Kier alpha value is -2.51. The van der Waals surface area contributed by atoms with E-state index in [4.69, 9.17) is 16.3 Å². The number of halogens is 1. The van der Waals surface area contributed by atoms with Crippen molar-refractivity contribution < 1.29 is 14.5 Å². The largest absolute Gasteiger partial charge is 0.402 e. The van der Waals surface area contributed by atoms with E-state index in [1.807, 2.05) is 16.8 Å². The van der Waals surface area contributed by atoms with Crippen LogP contribution in [0.5, 0.6) is 0 Å². The molecule has 0 aliphatic carbocycles. The minimum atomic E-state index is -0.622. The molecule has 0 atom stereocenters. The molecule has 1 aliphatic rings. The molecule has 0 fully saturated rings. The summed E-state index contributed by atoms with van der Waals surface area (Å²) in [5.74, 6) is -0.663. The Morgan fingerprint density at radius 3 is 2.86 bits per heavy atom. The molecule has 0 amide bonds. The molecule has 0 bridgehead atoms. The maximum absolute atomic E-state index is 11.8. The van der Waals surface area contributed by atoms with Gasteiger partial charge in [0.05, 0.1) is 15.5 Å². The number of hydrogen-bond acceptors (Lipinski definition) is 6. The molecule has 2 aromatic rings. The molecule has 1 aromatic carbocycles. The fraction of sp³-hybridized carbons (Fsp3) is 0. The predicted octanol–water partition coefficient (Wildman–Crippen LogP) is 3.65. The fourth-order valence-electron chi connectivity index (χ4n) is 1.83. The van der Waals surface area contributed by atoms with E-state index < -0.39 is 10.9 Å². The smallest absolute Gasteiger partial charge is 0.363 e. The number of nitro benzene ring substituents is 1. The van der Waals surface area contributed by atoms with Crippen LogP contribution in [0, 0.1) is 10.1 Å². The predicted molar refractivity (Wildman–Crippen MR) is 83.0 cm³/mol. The highest BCUT2D eigenvalue weighted by atomic mass is 35.5. The first-order chi connectivity index (χ1) is 10.5. The fourth-order valence-corrected chi connectivity index (χ4v) is 2.65. The number of nitro groups is 1. The standard InChI is InChI=1S/C14H7ClN2O4S/c15-11-2-1-9(17(19)20)6-10(11)13-16-12(14(18)21-13)5-8-3-4-22-7-8/h1-7H/b12-5-. The Bertz CT molecular complexity index is 827. The van der Waals surface area contributed by atoms with Crippen molar-refractivity contribution in [2.75, 3.05) is 0 Å². The van der Waals surface area contributed by atoms with E-state index in [0.717, 1.165) is 5.56 Å². The number of ether oxygens (including phenoxy) is 1. The molecule has 1 aromatic heterocycles. The van der Waals surface area contributed by atoms with Gasteiger partial charge < -0.3 is 4.74 Å². The molecule has 3 rings (SSSR count). The second-order valence-electron chi connectivity index (χ2n) is 4.31. The van der Waals surface area contributed by atoms with Gasteiger partial charge in [-0.25, -0.2) is 9.79 Å². The van der Waals surface area contributed by atoms with E-state index in [9.17, 15) is 14.9 Å². The maximum atomic E-state index is 11.8. The van der Waals surface area contributed by atoms with Crippen molar-refractivity contribution in [1.82, 2.24) is 0 Å². The molecular formula is C14H7ClN2O4S. The van der Waals surface area contributed by atoms with Gasteiger partial charge in [-0.2, -0.15) is 11.3 Å². The van der Waals surface area contributed by atoms with Crippen LogP contribution in [0.15, 0.2) is 45.7 Å². The number of aliphatic imine (C=N–C) groups is 1. The molecule has 8 heteroatoms. The van der Waals surface area contributed by atoms with Crippen molar-refractivity contribution in [3.63, 3.8) is 0 Å². The number of thiophene rings is 1. The number of hydrogen-bond donors (Lipinski definition) is 0. The second kappa shape index (κ2) is 5.70. The van der Waals surface area contributed by atoms with Crippen LogP contribution >= 0.6 is 22.9 Å². The van der Waals surface area contributed by atoms with Gasteiger partial charge in [-0.05, 0) is 34.5 Å². The summed E-state index contributed by atoms with van der Waals surface area (Å²) in [5.41, 5.74) is 0.995. The SMILES string of the molecule is O=C1OC(c2cc([N+](=O)[O-])ccc2Cl)=N/C1=C\c1ccsc1. The molecular weight excluding hydrogens is 328 g/mol. The zero-order valence-electron chi connectivity index (χ0n) is 10.9. The number of carbonyl (C=O) groups excluding carboxylic acids is 1. The van der Waals surface area contributed by atoms with E-state index in [2.05, 4.69) is 4.99 Å². The van der Waals surface area contributed by atoms with Gasteiger partial charge in [-0.3, -0.25) is 10.1 Å². The van der Waals surface area contributed by atoms with Crippen LogP contribution < -0.4 is 0 Å².